The number of hydrogen-bond donors (Lipinski definition) is 1. The second kappa shape index (κ2) is 11.3. The second-order valence-corrected chi connectivity index (χ2v) is 7.59. The number of carbonyl (C=O) groups excluding carboxylic acids is 1. The molecule has 1 N–H and O–H groups in total. The number of rotatable bonds is 8. The minimum atomic E-state index is -0.0226. The summed E-state index contributed by atoms with van der Waals surface area (Å²) in [5.41, 5.74) is 2.64. The van der Waals surface area contributed by atoms with Crippen LogP contribution in [0.3, 0.4) is 0 Å². The molecule has 1 amide bonds. The molecule has 170 valence electrons. The van der Waals surface area contributed by atoms with E-state index in [1.54, 1.807) is 21.3 Å². The maximum atomic E-state index is 12.6. The van der Waals surface area contributed by atoms with Crippen molar-refractivity contribution in [2.24, 2.45) is 0 Å². The van der Waals surface area contributed by atoms with Crippen LogP contribution in [-0.2, 0) is 11.3 Å². The first-order valence-corrected chi connectivity index (χ1v) is 10.6. The number of ether oxygens (including phenoxy) is 3. The summed E-state index contributed by atoms with van der Waals surface area (Å²) < 4.78 is 16.1. The molecule has 0 spiro atoms. The molecule has 2 aromatic carbocycles. The van der Waals surface area contributed by atoms with Crippen molar-refractivity contribution < 1.29 is 19.0 Å². The average molecular weight is 439 g/mol. The van der Waals surface area contributed by atoms with Gasteiger partial charge >= 0.3 is 0 Å². The Bertz CT molecular complexity index is 930. The van der Waals surface area contributed by atoms with Crippen LogP contribution in [0.4, 0.5) is 5.69 Å². The molecule has 2 aromatic rings. The standard InChI is InChI=1S/C24H30N4O4/c1-30-21-13-19(14-22(31-2)24(21)32-3)16-26-23(29)17-27-9-4-10-28(12-11-27)20-7-5-18(15-25)6-8-20/h5-8,13-14H,4,9-12,16-17H2,1-3H3,(H,26,29). The number of carbonyl (C=O) groups is 1. The van der Waals surface area contributed by atoms with E-state index in [2.05, 4.69) is 21.2 Å². The molecule has 0 unspecified atom stereocenters. The molecule has 1 fully saturated rings. The van der Waals surface area contributed by atoms with Gasteiger partial charge in [-0.15, -0.1) is 0 Å². The Morgan fingerprint density at radius 1 is 1.00 bits per heavy atom. The lowest BCUT2D eigenvalue weighted by Crippen LogP contribution is -2.39. The molecular weight excluding hydrogens is 408 g/mol. The van der Waals surface area contributed by atoms with E-state index in [1.807, 2.05) is 36.4 Å². The largest absolute Gasteiger partial charge is 0.493 e. The lowest BCUT2D eigenvalue weighted by Gasteiger charge is -2.23. The van der Waals surface area contributed by atoms with E-state index in [4.69, 9.17) is 19.5 Å². The van der Waals surface area contributed by atoms with Gasteiger partial charge < -0.3 is 24.4 Å². The SMILES string of the molecule is COc1cc(CNC(=O)CN2CCCN(c3ccc(C#N)cc3)CC2)cc(OC)c1OC. The predicted molar refractivity (Wildman–Crippen MR) is 122 cm³/mol. The van der Waals surface area contributed by atoms with Crippen molar-refractivity contribution in [3.63, 3.8) is 0 Å². The molecule has 1 aliphatic heterocycles. The van der Waals surface area contributed by atoms with E-state index < -0.39 is 0 Å². The molecule has 8 nitrogen and oxygen atoms in total. The van der Waals surface area contributed by atoms with Crippen molar-refractivity contribution in [1.82, 2.24) is 10.2 Å². The highest BCUT2D eigenvalue weighted by molar-refractivity contribution is 5.78. The van der Waals surface area contributed by atoms with Crippen LogP contribution < -0.4 is 24.4 Å². The van der Waals surface area contributed by atoms with Gasteiger partial charge in [0.05, 0.1) is 39.5 Å². The minimum absolute atomic E-state index is 0.0226. The first kappa shape index (κ1) is 23.2. The summed E-state index contributed by atoms with van der Waals surface area (Å²) in [6.07, 6.45) is 0.972. The zero-order chi connectivity index (χ0) is 22.9. The van der Waals surface area contributed by atoms with Crippen molar-refractivity contribution in [3.8, 4) is 23.3 Å². The summed E-state index contributed by atoms with van der Waals surface area (Å²) in [6, 6.07) is 13.5. The molecule has 0 aromatic heterocycles. The Kier molecular flexibility index (Phi) is 8.17. The van der Waals surface area contributed by atoms with E-state index in [0.29, 0.717) is 35.9 Å². The molecule has 0 bridgehead atoms. The summed E-state index contributed by atoms with van der Waals surface area (Å²) in [4.78, 5) is 17.0. The van der Waals surface area contributed by atoms with Crippen LogP contribution in [0.2, 0.25) is 0 Å². The molecule has 1 aliphatic rings. The summed E-state index contributed by atoms with van der Waals surface area (Å²) in [5.74, 6) is 1.63. The monoisotopic (exact) mass is 438 g/mol. The Morgan fingerprint density at radius 3 is 2.28 bits per heavy atom. The Hall–Kier alpha value is -3.44. The Morgan fingerprint density at radius 2 is 1.69 bits per heavy atom. The molecule has 0 saturated carbocycles. The zero-order valence-electron chi connectivity index (χ0n) is 18.9. The van der Waals surface area contributed by atoms with E-state index in [-0.39, 0.29) is 5.91 Å². The number of hydrogen-bond acceptors (Lipinski definition) is 7. The second-order valence-electron chi connectivity index (χ2n) is 7.59. The van der Waals surface area contributed by atoms with Crippen molar-refractivity contribution in [2.75, 3.05) is 59.0 Å². The van der Waals surface area contributed by atoms with Crippen LogP contribution >= 0.6 is 0 Å². The van der Waals surface area contributed by atoms with Crippen molar-refractivity contribution in [3.05, 3.63) is 47.5 Å². The molecule has 1 heterocycles. The van der Waals surface area contributed by atoms with Gasteiger partial charge in [-0.1, -0.05) is 0 Å². The fraction of sp³-hybridized carbons (Fsp3) is 0.417. The number of nitriles is 1. The van der Waals surface area contributed by atoms with E-state index in [0.717, 1.165) is 43.9 Å². The normalized spacial score (nSPS) is 14.2. The molecule has 8 heteroatoms. The summed E-state index contributed by atoms with van der Waals surface area (Å²) in [7, 11) is 4.70. The summed E-state index contributed by atoms with van der Waals surface area (Å²) >= 11 is 0. The van der Waals surface area contributed by atoms with Gasteiger partial charge in [0.2, 0.25) is 11.7 Å². The molecule has 3 rings (SSSR count). The van der Waals surface area contributed by atoms with E-state index in [9.17, 15) is 4.79 Å². The van der Waals surface area contributed by atoms with Gasteiger partial charge in [0.15, 0.2) is 11.5 Å². The van der Waals surface area contributed by atoms with Gasteiger partial charge in [-0.05, 0) is 48.4 Å². The number of anilines is 1. The third-order valence-electron chi connectivity index (χ3n) is 5.53. The molecule has 0 atom stereocenters. The molecule has 0 aliphatic carbocycles. The smallest absolute Gasteiger partial charge is 0.234 e. The third-order valence-corrected chi connectivity index (χ3v) is 5.53. The Labute approximate surface area is 189 Å². The van der Waals surface area contributed by atoms with E-state index in [1.165, 1.54) is 0 Å². The van der Waals surface area contributed by atoms with Crippen LogP contribution in [0, 0.1) is 11.3 Å². The lowest BCUT2D eigenvalue weighted by molar-refractivity contribution is -0.122. The van der Waals surface area contributed by atoms with Crippen LogP contribution in [0.15, 0.2) is 36.4 Å². The predicted octanol–water partition coefficient (Wildman–Crippen LogP) is 2.41. The van der Waals surface area contributed by atoms with E-state index >= 15 is 0 Å². The first-order chi connectivity index (χ1) is 15.6. The quantitative estimate of drug-likeness (QED) is 0.677. The van der Waals surface area contributed by atoms with Crippen LogP contribution in [0.5, 0.6) is 17.2 Å². The van der Waals surface area contributed by atoms with Gasteiger partial charge in [0.1, 0.15) is 0 Å². The van der Waals surface area contributed by atoms with Crippen LogP contribution in [0.1, 0.15) is 17.5 Å². The number of benzene rings is 2. The Balaban J connectivity index is 1.52. The lowest BCUT2D eigenvalue weighted by atomic mass is 10.1. The summed E-state index contributed by atoms with van der Waals surface area (Å²) in [6.45, 7) is 4.16. The van der Waals surface area contributed by atoms with Crippen LogP contribution in [0.25, 0.3) is 0 Å². The first-order valence-electron chi connectivity index (χ1n) is 10.6. The fourth-order valence-electron chi connectivity index (χ4n) is 3.83. The average Bonchev–Trinajstić information content (AvgIpc) is 3.07. The fourth-order valence-corrected chi connectivity index (χ4v) is 3.83. The third kappa shape index (κ3) is 5.83. The van der Waals surface area contributed by atoms with Gasteiger partial charge in [0.25, 0.3) is 0 Å². The highest BCUT2D eigenvalue weighted by Crippen LogP contribution is 2.38. The highest BCUT2D eigenvalue weighted by atomic mass is 16.5. The van der Waals surface area contributed by atoms with Gasteiger partial charge in [0, 0.05) is 38.4 Å². The molecular formula is C24H30N4O4. The summed E-state index contributed by atoms with van der Waals surface area (Å²) in [5, 5.41) is 12.0. The molecule has 1 saturated heterocycles. The van der Waals surface area contributed by atoms with Crippen molar-refractivity contribution in [2.45, 2.75) is 13.0 Å². The zero-order valence-corrected chi connectivity index (χ0v) is 18.9. The van der Waals surface area contributed by atoms with Crippen LogP contribution in [-0.4, -0.2) is 64.9 Å². The maximum Gasteiger partial charge on any atom is 0.234 e. The number of amides is 1. The number of nitrogens with one attached hydrogen (secondary N) is 1. The van der Waals surface area contributed by atoms with Crippen molar-refractivity contribution >= 4 is 11.6 Å². The topological polar surface area (TPSA) is 87.1 Å². The minimum Gasteiger partial charge on any atom is -0.493 e. The highest BCUT2D eigenvalue weighted by Gasteiger charge is 2.18. The van der Waals surface area contributed by atoms with Crippen molar-refractivity contribution in [1.29, 1.82) is 5.26 Å². The van der Waals surface area contributed by atoms with Gasteiger partial charge in [-0.2, -0.15) is 5.26 Å². The number of methoxy groups -OCH3 is 3. The maximum absolute atomic E-state index is 12.6. The van der Waals surface area contributed by atoms with Gasteiger partial charge in [-0.25, -0.2) is 0 Å². The number of nitrogens with zero attached hydrogens (tertiary/aromatic N) is 3. The van der Waals surface area contributed by atoms with Gasteiger partial charge in [-0.3, -0.25) is 9.69 Å². The molecule has 32 heavy (non-hydrogen) atoms. The molecule has 0 radical (unpaired) electrons.